The quantitative estimate of drug-likeness (QED) is 0.715. The van der Waals surface area contributed by atoms with E-state index in [1.807, 2.05) is 41.3 Å². The van der Waals surface area contributed by atoms with Crippen molar-refractivity contribution in [3.8, 4) is 5.75 Å². The van der Waals surface area contributed by atoms with E-state index in [9.17, 15) is 4.79 Å². The Morgan fingerprint density at radius 2 is 2.00 bits per heavy atom. The van der Waals surface area contributed by atoms with Crippen LogP contribution in [0, 0.1) is 5.92 Å². The van der Waals surface area contributed by atoms with E-state index >= 15 is 0 Å². The number of nitrogens with zero attached hydrogens (tertiary/aromatic N) is 2. The average Bonchev–Trinajstić information content (AvgIpc) is 3.51. The molecule has 1 heterocycles. The molecule has 1 N–H and O–H groups in total. The first kappa shape index (κ1) is 19.2. The number of urea groups is 1. The summed E-state index contributed by atoms with van der Waals surface area (Å²) in [5.41, 5.74) is 2.10. The number of amides is 2. The second-order valence-electron chi connectivity index (χ2n) is 7.56. The van der Waals surface area contributed by atoms with Crippen LogP contribution in [0.4, 0.5) is 4.79 Å². The summed E-state index contributed by atoms with van der Waals surface area (Å²) in [4.78, 5) is 18.6. The number of carbonyl (C=O) groups excluding carboxylic acids is 1. The Hall–Kier alpha value is -2.56. The second kappa shape index (κ2) is 9.40. The summed E-state index contributed by atoms with van der Waals surface area (Å²) in [7, 11) is 0. The van der Waals surface area contributed by atoms with Crippen LogP contribution >= 0.6 is 0 Å². The summed E-state index contributed by atoms with van der Waals surface area (Å²) in [6.45, 7) is 6.26. The Morgan fingerprint density at radius 1 is 1.22 bits per heavy atom. The van der Waals surface area contributed by atoms with Crippen molar-refractivity contribution in [1.29, 1.82) is 0 Å². The van der Waals surface area contributed by atoms with Crippen LogP contribution in [0.5, 0.6) is 5.75 Å². The van der Waals surface area contributed by atoms with Gasteiger partial charge in [0, 0.05) is 37.1 Å². The van der Waals surface area contributed by atoms with Gasteiger partial charge >= 0.3 is 6.03 Å². The van der Waals surface area contributed by atoms with Crippen LogP contribution in [-0.2, 0) is 13.2 Å². The summed E-state index contributed by atoms with van der Waals surface area (Å²) in [6, 6.07) is 12.2. The third-order valence-corrected chi connectivity index (χ3v) is 4.69. The van der Waals surface area contributed by atoms with Crippen molar-refractivity contribution < 1.29 is 9.53 Å². The zero-order chi connectivity index (χ0) is 19.1. The number of hydrogen-bond donors (Lipinski definition) is 1. The van der Waals surface area contributed by atoms with E-state index in [0.717, 1.165) is 42.7 Å². The molecule has 0 saturated heterocycles. The van der Waals surface area contributed by atoms with Crippen LogP contribution < -0.4 is 10.1 Å². The molecule has 3 rings (SSSR count). The van der Waals surface area contributed by atoms with Crippen molar-refractivity contribution in [2.45, 2.75) is 52.3 Å². The maximum absolute atomic E-state index is 12.5. The number of pyridine rings is 1. The smallest absolute Gasteiger partial charge is 0.317 e. The molecule has 1 saturated carbocycles. The van der Waals surface area contributed by atoms with E-state index in [1.54, 1.807) is 12.4 Å². The first-order valence-corrected chi connectivity index (χ1v) is 9.77. The highest BCUT2D eigenvalue weighted by atomic mass is 16.5. The topological polar surface area (TPSA) is 54.5 Å². The minimum Gasteiger partial charge on any atom is -0.489 e. The fraction of sp³-hybridized carbons (Fsp3) is 0.455. The first-order chi connectivity index (χ1) is 13.1. The Kier molecular flexibility index (Phi) is 6.69. The van der Waals surface area contributed by atoms with Crippen molar-refractivity contribution in [1.82, 2.24) is 15.2 Å². The van der Waals surface area contributed by atoms with Gasteiger partial charge in [-0.05, 0) is 48.9 Å². The Labute approximate surface area is 161 Å². The molecular weight excluding hydrogens is 338 g/mol. The highest BCUT2D eigenvalue weighted by molar-refractivity contribution is 5.74. The second-order valence-corrected chi connectivity index (χ2v) is 7.56. The van der Waals surface area contributed by atoms with E-state index in [4.69, 9.17) is 4.74 Å². The molecule has 1 fully saturated rings. The van der Waals surface area contributed by atoms with Crippen LogP contribution in [0.25, 0.3) is 0 Å². The van der Waals surface area contributed by atoms with Gasteiger partial charge in [-0.3, -0.25) is 4.98 Å². The number of hydrogen-bond acceptors (Lipinski definition) is 3. The SMILES string of the molecule is CC(C)CCN(C(=O)NCc1ccc(OCc2cccnc2)cc1)C1CC1. The van der Waals surface area contributed by atoms with Gasteiger partial charge in [0.2, 0.25) is 0 Å². The Morgan fingerprint density at radius 3 is 2.63 bits per heavy atom. The molecule has 0 unspecified atom stereocenters. The molecule has 1 aliphatic rings. The predicted octanol–water partition coefficient (Wildman–Crippen LogP) is 4.38. The number of ether oxygens (including phenoxy) is 1. The number of carbonyl (C=O) groups is 1. The van der Waals surface area contributed by atoms with Gasteiger partial charge in [-0.15, -0.1) is 0 Å². The molecule has 2 aromatic rings. The lowest BCUT2D eigenvalue weighted by molar-refractivity contribution is 0.191. The third-order valence-electron chi connectivity index (χ3n) is 4.69. The normalized spacial score (nSPS) is 13.4. The molecule has 0 aliphatic heterocycles. The van der Waals surface area contributed by atoms with E-state index < -0.39 is 0 Å². The fourth-order valence-corrected chi connectivity index (χ4v) is 2.87. The summed E-state index contributed by atoms with van der Waals surface area (Å²) in [5, 5.41) is 3.06. The molecule has 1 aromatic heterocycles. The molecule has 0 atom stereocenters. The van der Waals surface area contributed by atoms with Gasteiger partial charge in [0.15, 0.2) is 0 Å². The fourth-order valence-electron chi connectivity index (χ4n) is 2.87. The number of rotatable bonds is 9. The molecule has 0 spiro atoms. The van der Waals surface area contributed by atoms with Crippen LogP contribution in [0.2, 0.25) is 0 Å². The number of benzene rings is 1. The van der Waals surface area contributed by atoms with Crippen LogP contribution in [0.3, 0.4) is 0 Å². The monoisotopic (exact) mass is 367 g/mol. The molecular formula is C22H29N3O2. The minimum atomic E-state index is 0.0510. The Balaban J connectivity index is 1.45. The zero-order valence-electron chi connectivity index (χ0n) is 16.2. The highest BCUT2D eigenvalue weighted by Gasteiger charge is 2.32. The van der Waals surface area contributed by atoms with E-state index in [0.29, 0.717) is 25.1 Å². The summed E-state index contributed by atoms with van der Waals surface area (Å²) >= 11 is 0. The van der Waals surface area contributed by atoms with E-state index in [2.05, 4.69) is 24.1 Å². The van der Waals surface area contributed by atoms with Crippen molar-refractivity contribution in [3.05, 3.63) is 59.9 Å². The first-order valence-electron chi connectivity index (χ1n) is 9.77. The molecule has 5 nitrogen and oxygen atoms in total. The molecule has 1 aromatic carbocycles. The van der Waals surface area contributed by atoms with Gasteiger partial charge in [-0.2, -0.15) is 0 Å². The number of aromatic nitrogens is 1. The van der Waals surface area contributed by atoms with Crippen LogP contribution in [0.1, 0.15) is 44.2 Å². The molecule has 2 amide bonds. The molecule has 1 aliphatic carbocycles. The molecule has 144 valence electrons. The van der Waals surface area contributed by atoms with Gasteiger partial charge in [0.1, 0.15) is 12.4 Å². The van der Waals surface area contributed by atoms with Gasteiger partial charge in [-0.25, -0.2) is 4.79 Å². The minimum absolute atomic E-state index is 0.0510. The summed E-state index contributed by atoms with van der Waals surface area (Å²) in [6.07, 6.45) is 6.87. The predicted molar refractivity (Wildman–Crippen MR) is 106 cm³/mol. The average molecular weight is 367 g/mol. The van der Waals surface area contributed by atoms with E-state index in [1.165, 1.54) is 0 Å². The van der Waals surface area contributed by atoms with Crippen molar-refractivity contribution in [2.24, 2.45) is 5.92 Å². The van der Waals surface area contributed by atoms with Crippen LogP contribution in [0.15, 0.2) is 48.8 Å². The van der Waals surface area contributed by atoms with Gasteiger partial charge in [0.05, 0.1) is 0 Å². The zero-order valence-corrected chi connectivity index (χ0v) is 16.2. The van der Waals surface area contributed by atoms with Crippen molar-refractivity contribution in [2.75, 3.05) is 6.54 Å². The summed E-state index contributed by atoms with van der Waals surface area (Å²) in [5.74, 6) is 1.42. The van der Waals surface area contributed by atoms with E-state index in [-0.39, 0.29) is 6.03 Å². The summed E-state index contributed by atoms with van der Waals surface area (Å²) < 4.78 is 5.77. The third kappa shape index (κ3) is 6.27. The van der Waals surface area contributed by atoms with Crippen LogP contribution in [-0.4, -0.2) is 28.5 Å². The molecule has 27 heavy (non-hydrogen) atoms. The van der Waals surface area contributed by atoms with Gasteiger partial charge in [0.25, 0.3) is 0 Å². The lowest BCUT2D eigenvalue weighted by Crippen LogP contribution is -2.41. The maximum Gasteiger partial charge on any atom is 0.317 e. The van der Waals surface area contributed by atoms with Gasteiger partial charge in [-0.1, -0.05) is 32.0 Å². The van der Waals surface area contributed by atoms with Gasteiger partial charge < -0.3 is 15.0 Å². The number of nitrogens with one attached hydrogen (secondary N) is 1. The lowest BCUT2D eigenvalue weighted by atomic mass is 10.1. The van der Waals surface area contributed by atoms with Crippen molar-refractivity contribution in [3.63, 3.8) is 0 Å². The highest BCUT2D eigenvalue weighted by Crippen LogP contribution is 2.27. The largest absolute Gasteiger partial charge is 0.489 e. The maximum atomic E-state index is 12.5. The standard InChI is InChI=1S/C22H29N3O2/c1-17(2)11-13-25(20-7-8-20)22(26)24-15-18-5-9-21(10-6-18)27-16-19-4-3-12-23-14-19/h3-6,9-10,12,14,17,20H,7-8,11,13,15-16H2,1-2H3,(H,24,26). The lowest BCUT2D eigenvalue weighted by Gasteiger charge is -2.23. The Bertz CT molecular complexity index is 712. The molecule has 5 heteroatoms. The molecule has 0 bridgehead atoms. The molecule has 0 radical (unpaired) electrons. The van der Waals surface area contributed by atoms with Crippen molar-refractivity contribution >= 4 is 6.03 Å².